The zero-order valence-electron chi connectivity index (χ0n) is 8.93. The summed E-state index contributed by atoms with van der Waals surface area (Å²) < 4.78 is 25.6. The molecule has 17 heavy (non-hydrogen) atoms. The molecular weight excluding hydrogens is 264 g/mol. The summed E-state index contributed by atoms with van der Waals surface area (Å²) in [6.07, 6.45) is 0.0649. The molecule has 0 aliphatic carbocycles. The number of nitrogens with one attached hydrogen (secondary N) is 1. The largest absolute Gasteiger partial charge is 0.477 e. The molecule has 0 aliphatic heterocycles. The average Bonchev–Trinajstić information content (AvgIpc) is 2.61. The van der Waals surface area contributed by atoms with Gasteiger partial charge in [0.25, 0.3) is 0 Å². The number of aromatic carboxylic acids is 1. The lowest BCUT2D eigenvalue weighted by molar-refractivity contribution is 0.0701. The molecule has 0 aromatic carbocycles. The van der Waals surface area contributed by atoms with E-state index in [1.54, 1.807) is 0 Å². The summed E-state index contributed by atoms with van der Waals surface area (Å²) in [7, 11) is -3.71. The molecule has 0 fully saturated rings. The van der Waals surface area contributed by atoms with Crippen molar-refractivity contribution in [2.75, 3.05) is 6.54 Å². The highest BCUT2D eigenvalue weighted by Crippen LogP contribution is 2.25. The summed E-state index contributed by atoms with van der Waals surface area (Å²) in [4.78, 5) is 10.8. The summed E-state index contributed by atoms with van der Waals surface area (Å²) in [6, 6.07) is 3.12. The van der Waals surface area contributed by atoms with Crippen LogP contribution in [0.4, 0.5) is 0 Å². The van der Waals surface area contributed by atoms with Crippen molar-refractivity contribution < 1.29 is 18.3 Å². The first-order valence-electron chi connectivity index (χ1n) is 4.59. The zero-order valence-corrected chi connectivity index (χ0v) is 10.6. The van der Waals surface area contributed by atoms with E-state index >= 15 is 0 Å². The molecule has 2 N–H and O–H groups in total. The van der Waals surface area contributed by atoms with Crippen molar-refractivity contribution in [3.05, 3.63) is 16.5 Å². The Labute approximate surface area is 103 Å². The summed E-state index contributed by atoms with van der Waals surface area (Å²) in [5.74, 6) is -1.15. The molecule has 0 unspecified atom stereocenters. The average molecular weight is 274 g/mol. The lowest BCUT2D eigenvalue weighted by atomic mass is 10.3. The van der Waals surface area contributed by atoms with Gasteiger partial charge >= 0.3 is 5.97 Å². The highest BCUT2D eigenvalue weighted by atomic mass is 32.2. The maximum absolute atomic E-state index is 11.7. The number of nitriles is 1. The molecular formula is C9H10N2O4S2. The highest BCUT2D eigenvalue weighted by Gasteiger charge is 2.21. The van der Waals surface area contributed by atoms with Crippen LogP contribution in [0.1, 0.15) is 21.7 Å². The molecule has 1 aromatic heterocycles. The number of nitrogens with zero attached hydrogens (tertiary/aromatic N) is 1. The molecule has 1 aromatic rings. The standard InChI is InChI=1S/C9H10N2O4S2/c1-6-5-7(16-8(6)9(12)13)17(14,15)11-4-2-3-10/h5,11H,2,4H2,1H3,(H,12,13). The molecule has 92 valence electrons. The van der Waals surface area contributed by atoms with Crippen LogP contribution in [-0.2, 0) is 10.0 Å². The van der Waals surface area contributed by atoms with Gasteiger partial charge < -0.3 is 5.11 Å². The van der Waals surface area contributed by atoms with E-state index < -0.39 is 16.0 Å². The summed E-state index contributed by atoms with van der Waals surface area (Å²) in [6.45, 7) is 1.55. The van der Waals surface area contributed by atoms with Gasteiger partial charge in [0.2, 0.25) is 10.0 Å². The van der Waals surface area contributed by atoms with Gasteiger partial charge in [0.05, 0.1) is 6.07 Å². The Morgan fingerprint density at radius 3 is 2.76 bits per heavy atom. The number of hydrogen-bond donors (Lipinski definition) is 2. The predicted molar refractivity (Wildman–Crippen MR) is 61.4 cm³/mol. The fourth-order valence-corrected chi connectivity index (χ4v) is 3.56. The van der Waals surface area contributed by atoms with E-state index in [0.29, 0.717) is 16.9 Å². The van der Waals surface area contributed by atoms with Crippen molar-refractivity contribution in [1.29, 1.82) is 5.26 Å². The zero-order chi connectivity index (χ0) is 13.1. The van der Waals surface area contributed by atoms with E-state index in [2.05, 4.69) is 4.72 Å². The van der Waals surface area contributed by atoms with Gasteiger partial charge in [-0.2, -0.15) is 5.26 Å². The third-order valence-electron chi connectivity index (χ3n) is 1.88. The molecule has 0 radical (unpaired) electrons. The van der Waals surface area contributed by atoms with Gasteiger partial charge in [-0.15, -0.1) is 11.3 Å². The van der Waals surface area contributed by atoms with Gasteiger partial charge in [-0.3, -0.25) is 0 Å². The number of carboxylic acids is 1. The van der Waals surface area contributed by atoms with Crippen molar-refractivity contribution in [3.63, 3.8) is 0 Å². The number of sulfonamides is 1. The van der Waals surface area contributed by atoms with Gasteiger partial charge in [0, 0.05) is 13.0 Å². The lowest BCUT2D eigenvalue weighted by Gasteiger charge is -2.00. The quantitative estimate of drug-likeness (QED) is 0.777. The minimum absolute atomic E-state index is 0.00524. The molecule has 0 amide bonds. The molecule has 6 nitrogen and oxygen atoms in total. The molecule has 8 heteroatoms. The number of rotatable bonds is 5. The number of aryl methyl sites for hydroxylation is 1. The first-order chi connectivity index (χ1) is 7.88. The Balaban J connectivity index is 2.97. The van der Waals surface area contributed by atoms with Crippen LogP contribution in [0, 0.1) is 18.3 Å². The van der Waals surface area contributed by atoms with Gasteiger partial charge in [0.1, 0.15) is 9.09 Å². The van der Waals surface area contributed by atoms with E-state index in [4.69, 9.17) is 10.4 Å². The van der Waals surface area contributed by atoms with Crippen LogP contribution in [0.25, 0.3) is 0 Å². The van der Waals surface area contributed by atoms with Crippen LogP contribution in [0.3, 0.4) is 0 Å². The van der Waals surface area contributed by atoms with Crippen molar-refractivity contribution in [2.45, 2.75) is 17.6 Å². The molecule has 0 saturated heterocycles. The fourth-order valence-electron chi connectivity index (χ4n) is 1.11. The van der Waals surface area contributed by atoms with Crippen LogP contribution < -0.4 is 4.72 Å². The lowest BCUT2D eigenvalue weighted by Crippen LogP contribution is -2.23. The van der Waals surface area contributed by atoms with Gasteiger partial charge in [-0.05, 0) is 18.6 Å². The third-order valence-corrected chi connectivity index (χ3v) is 5.04. The van der Waals surface area contributed by atoms with Crippen molar-refractivity contribution in [2.24, 2.45) is 0 Å². The van der Waals surface area contributed by atoms with Crippen molar-refractivity contribution in [1.82, 2.24) is 4.72 Å². The topological polar surface area (TPSA) is 107 Å². The number of thiophene rings is 1. The Hall–Kier alpha value is -1.43. The number of hydrogen-bond acceptors (Lipinski definition) is 5. The van der Waals surface area contributed by atoms with E-state index in [-0.39, 0.29) is 22.1 Å². The molecule has 0 saturated carbocycles. The van der Waals surface area contributed by atoms with Crippen LogP contribution >= 0.6 is 11.3 Å². The smallest absolute Gasteiger partial charge is 0.346 e. The molecule has 0 aliphatic rings. The van der Waals surface area contributed by atoms with Gasteiger partial charge in [-0.25, -0.2) is 17.9 Å². The third kappa shape index (κ3) is 3.26. The van der Waals surface area contributed by atoms with E-state index in [1.807, 2.05) is 6.07 Å². The van der Waals surface area contributed by atoms with E-state index in [9.17, 15) is 13.2 Å². The molecule has 0 atom stereocenters. The minimum Gasteiger partial charge on any atom is -0.477 e. The van der Waals surface area contributed by atoms with Gasteiger partial charge in [0.15, 0.2) is 0 Å². The maximum atomic E-state index is 11.7. The minimum atomic E-state index is -3.71. The summed E-state index contributed by atoms with van der Waals surface area (Å²) >= 11 is 0.700. The molecule has 0 spiro atoms. The van der Waals surface area contributed by atoms with E-state index in [1.165, 1.54) is 13.0 Å². The van der Waals surface area contributed by atoms with Gasteiger partial charge in [-0.1, -0.05) is 0 Å². The Bertz CT molecular complexity index is 568. The van der Waals surface area contributed by atoms with Crippen LogP contribution in [0.2, 0.25) is 0 Å². The predicted octanol–water partition coefficient (Wildman–Crippen LogP) is 0.947. The van der Waals surface area contributed by atoms with Crippen LogP contribution in [0.5, 0.6) is 0 Å². The van der Waals surface area contributed by atoms with Crippen LogP contribution in [-0.4, -0.2) is 26.0 Å². The monoisotopic (exact) mass is 274 g/mol. The molecule has 1 heterocycles. The Morgan fingerprint density at radius 1 is 1.65 bits per heavy atom. The molecule has 1 rings (SSSR count). The SMILES string of the molecule is Cc1cc(S(=O)(=O)NCCC#N)sc1C(=O)O. The molecule has 0 bridgehead atoms. The van der Waals surface area contributed by atoms with Crippen LogP contribution in [0.15, 0.2) is 10.3 Å². The second kappa shape index (κ2) is 5.27. The Kier molecular flexibility index (Phi) is 4.22. The second-order valence-corrected chi connectivity index (χ2v) is 6.23. The summed E-state index contributed by atoms with van der Waals surface area (Å²) in [5, 5.41) is 17.1. The number of carboxylic acid groups (broad SMARTS) is 1. The summed E-state index contributed by atoms with van der Waals surface area (Å²) in [5.41, 5.74) is 0.406. The normalized spacial score (nSPS) is 11.1. The van der Waals surface area contributed by atoms with E-state index in [0.717, 1.165) is 0 Å². The van der Waals surface area contributed by atoms with Crippen molar-refractivity contribution in [3.8, 4) is 6.07 Å². The first-order valence-corrected chi connectivity index (χ1v) is 6.89. The highest BCUT2D eigenvalue weighted by molar-refractivity contribution is 7.91. The number of carbonyl (C=O) groups is 1. The van der Waals surface area contributed by atoms with Crippen molar-refractivity contribution >= 4 is 27.3 Å². The first kappa shape index (κ1) is 13.6. The Morgan fingerprint density at radius 2 is 2.29 bits per heavy atom. The fraction of sp³-hybridized carbons (Fsp3) is 0.333. The second-order valence-electron chi connectivity index (χ2n) is 3.19. The maximum Gasteiger partial charge on any atom is 0.346 e.